The number of thiophene rings is 1. The van der Waals surface area contributed by atoms with E-state index in [1.165, 1.54) is 20.5 Å². The summed E-state index contributed by atoms with van der Waals surface area (Å²) in [6, 6.07) is 5.55. The zero-order valence-corrected chi connectivity index (χ0v) is 18.1. The van der Waals surface area contributed by atoms with Gasteiger partial charge in [-0.05, 0) is 69.4 Å². The monoisotopic (exact) mass is 411 g/mol. The second-order valence-electron chi connectivity index (χ2n) is 7.83. The molecule has 6 nitrogen and oxygen atoms in total. The quantitative estimate of drug-likeness (QED) is 0.665. The molecule has 0 unspecified atom stereocenters. The number of hydrogen-bond acceptors (Lipinski definition) is 4. The highest BCUT2D eigenvalue weighted by Gasteiger charge is 2.24. The predicted molar refractivity (Wildman–Crippen MR) is 116 cm³/mol. The minimum atomic E-state index is -0.459. The molecule has 3 heterocycles. The molecule has 2 aromatic heterocycles. The third-order valence-electron chi connectivity index (χ3n) is 5.95. The van der Waals surface area contributed by atoms with Crippen LogP contribution in [0, 0.1) is 27.7 Å². The first kappa shape index (κ1) is 19.6. The predicted octanol–water partition coefficient (Wildman–Crippen LogP) is 3.07. The van der Waals surface area contributed by atoms with Crippen molar-refractivity contribution in [2.24, 2.45) is 0 Å². The van der Waals surface area contributed by atoms with Gasteiger partial charge in [-0.1, -0.05) is 6.07 Å². The lowest BCUT2D eigenvalue weighted by Crippen LogP contribution is -2.42. The van der Waals surface area contributed by atoms with Gasteiger partial charge in [0.2, 0.25) is 5.91 Å². The lowest BCUT2D eigenvalue weighted by Gasteiger charge is -2.17. The first-order chi connectivity index (χ1) is 13.8. The number of aryl methyl sites for hydroxylation is 4. The van der Waals surface area contributed by atoms with Crippen molar-refractivity contribution in [1.82, 2.24) is 14.0 Å². The third-order valence-corrected chi connectivity index (χ3v) is 7.18. The lowest BCUT2D eigenvalue weighted by molar-refractivity contribution is -0.130. The Balaban J connectivity index is 1.98. The van der Waals surface area contributed by atoms with Gasteiger partial charge in [0, 0.05) is 18.0 Å². The first-order valence-corrected chi connectivity index (χ1v) is 10.7. The average Bonchev–Trinajstić information content (AvgIpc) is 3.31. The van der Waals surface area contributed by atoms with E-state index < -0.39 is 5.69 Å². The number of amides is 1. The second kappa shape index (κ2) is 7.30. The number of carbonyl (C=O) groups is 1. The zero-order valence-electron chi connectivity index (χ0n) is 17.2. The van der Waals surface area contributed by atoms with Crippen LogP contribution in [-0.2, 0) is 11.3 Å². The summed E-state index contributed by atoms with van der Waals surface area (Å²) in [7, 11) is 0. The molecule has 7 heteroatoms. The molecule has 0 saturated carbocycles. The highest BCUT2D eigenvalue weighted by molar-refractivity contribution is 7.18. The average molecular weight is 412 g/mol. The van der Waals surface area contributed by atoms with Crippen molar-refractivity contribution in [3.63, 3.8) is 0 Å². The minimum absolute atomic E-state index is 0.0418. The number of carbonyl (C=O) groups excluding carboxylic acids is 1. The Morgan fingerprint density at radius 3 is 2.38 bits per heavy atom. The van der Waals surface area contributed by atoms with Crippen molar-refractivity contribution in [2.75, 3.05) is 13.1 Å². The van der Waals surface area contributed by atoms with Gasteiger partial charge >= 0.3 is 5.69 Å². The topological polar surface area (TPSA) is 64.3 Å². The fourth-order valence-electron chi connectivity index (χ4n) is 3.89. The van der Waals surface area contributed by atoms with Gasteiger partial charge in [0.15, 0.2) is 0 Å². The second-order valence-corrected chi connectivity index (χ2v) is 9.03. The van der Waals surface area contributed by atoms with Crippen LogP contribution in [0.15, 0.2) is 27.8 Å². The van der Waals surface area contributed by atoms with Crippen molar-refractivity contribution < 1.29 is 4.79 Å². The maximum atomic E-state index is 13.4. The van der Waals surface area contributed by atoms with Gasteiger partial charge < -0.3 is 4.90 Å². The molecule has 0 spiro atoms. The number of fused-ring (bicyclic) bond motifs is 1. The third kappa shape index (κ3) is 3.23. The van der Waals surface area contributed by atoms with Gasteiger partial charge in [-0.3, -0.25) is 14.2 Å². The molecule has 152 valence electrons. The van der Waals surface area contributed by atoms with Gasteiger partial charge in [-0.15, -0.1) is 11.3 Å². The molecule has 0 radical (unpaired) electrons. The van der Waals surface area contributed by atoms with Crippen LogP contribution in [0.25, 0.3) is 15.9 Å². The van der Waals surface area contributed by atoms with Crippen molar-refractivity contribution in [3.8, 4) is 5.69 Å². The Morgan fingerprint density at radius 1 is 1.03 bits per heavy atom. The zero-order chi connectivity index (χ0) is 20.9. The number of hydrogen-bond donors (Lipinski definition) is 0. The first-order valence-electron chi connectivity index (χ1n) is 9.90. The van der Waals surface area contributed by atoms with Crippen molar-refractivity contribution in [1.29, 1.82) is 0 Å². The molecule has 0 bridgehead atoms. The Morgan fingerprint density at radius 2 is 1.72 bits per heavy atom. The van der Waals surface area contributed by atoms with Crippen LogP contribution >= 0.6 is 11.3 Å². The fraction of sp³-hybridized carbons (Fsp3) is 0.409. The molecule has 29 heavy (non-hydrogen) atoms. The van der Waals surface area contributed by atoms with E-state index in [-0.39, 0.29) is 18.0 Å². The summed E-state index contributed by atoms with van der Waals surface area (Å²) in [6.45, 7) is 9.21. The van der Waals surface area contributed by atoms with Crippen LogP contribution in [0.3, 0.4) is 0 Å². The van der Waals surface area contributed by atoms with Crippen LogP contribution in [0.1, 0.15) is 34.4 Å². The Bertz CT molecular complexity index is 1240. The largest absolute Gasteiger partial charge is 0.341 e. The number of nitrogens with zero attached hydrogens (tertiary/aromatic N) is 3. The van der Waals surface area contributed by atoms with E-state index >= 15 is 0 Å². The van der Waals surface area contributed by atoms with Crippen LogP contribution < -0.4 is 11.2 Å². The summed E-state index contributed by atoms with van der Waals surface area (Å²) in [4.78, 5) is 43.0. The smallest absolute Gasteiger partial charge is 0.337 e. The van der Waals surface area contributed by atoms with Gasteiger partial charge in [-0.2, -0.15) is 0 Å². The lowest BCUT2D eigenvalue weighted by atomic mass is 10.1. The number of benzene rings is 1. The van der Waals surface area contributed by atoms with Crippen LogP contribution in [-0.4, -0.2) is 33.0 Å². The standard InChI is InChI=1S/C22H25N3O3S/c1-13-7-8-17(11-14(13)2)25-20(27)19-15(3)16(4)29-21(19)24(22(25)28)12-18(26)23-9-5-6-10-23/h7-8,11H,5-6,9-10,12H2,1-4H3. The molecular weight excluding hydrogens is 386 g/mol. The van der Waals surface area contributed by atoms with Gasteiger partial charge in [-0.25, -0.2) is 9.36 Å². The molecule has 1 aliphatic rings. The minimum Gasteiger partial charge on any atom is -0.341 e. The molecule has 0 aliphatic carbocycles. The van der Waals surface area contributed by atoms with E-state index in [1.807, 2.05) is 39.8 Å². The van der Waals surface area contributed by atoms with E-state index in [0.29, 0.717) is 15.9 Å². The summed E-state index contributed by atoms with van der Waals surface area (Å²) in [6.07, 6.45) is 1.99. The Labute approximate surface area is 173 Å². The molecule has 1 saturated heterocycles. The van der Waals surface area contributed by atoms with Gasteiger partial charge in [0.25, 0.3) is 5.56 Å². The maximum absolute atomic E-state index is 13.4. The molecule has 4 rings (SSSR count). The normalized spacial score (nSPS) is 14.1. The van der Waals surface area contributed by atoms with Gasteiger partial charge in [0.1, 0.15) is 11.4 Å². The molecular formula is C22H25N3O3S. The van der Waals surface area contributed by atoms with Crippen LogP contribution in [0.5, 0.6) is 0 Å². The highest BCUT2D eigenvalue weighted by Crippen LogP contribution is 2.27. The van der Waals surface area contributed by atoms with E-state index in [2.05, 4.69) is 0 Å². The van der Waals surface area contributed by atoms with Crippen LogP contribution in [0.2, 0.25) is 0 Å². The van der Waals surface area contributed by atoms with Crippen molar-refractivity contribution in [3.05, 3.63) is 60.6 Å². The highest BCUT2D eigenvalue weighted by atomic mass is 32.1. The number of rotatable bonds is 3. The molecule has 0 N–H and O–H groups in total. The fourth-order valence-corrected chi connectivity index (χ4v) is 5.03. The van der Waals surface area contributed by atoms with E-state index in [0.717, 1.165) is 47.5 Å². The number of aromatic nitrogens is 2. The molecule has 1 fully saturated rings. The maximum Gasteiger partial charge on any atom is 0.337 e. The van der Waals surface area contributed by atoms with E-state index in [4.69, 9.17) is 0 Å². The van der Waals surface area contributed by atoms with Crippen LogP contribution in [0.4, 0.5) is 0 Å². The Hall–Kier alpha value is -2.67. The van der Waals surface area contributed by atoms with Gasteiger partial charge in [0.05, 0.1) is 11.1 Å². The molecule has 0 atom stereocenters. The summed E-state index contributed by atoms with van der Waals surface area (Å²) >= 11 is 1.41. The van der Waals surface area contributed by atoms with Crippen molar-refractivity contribution >= 4 is 27.5 Å². The number of likely N-dealkylation sites (tertiary alicyclic amines) is 1. The SMILES string of the molecule is Cc1ccc(-n2c(=O)c3c(C)c(C)sc3n(CC(=O)N3CCCC3)c2=O)cc1C. The molecule has 1 aromatic carbocycles. The summed E-state index contributed by atoms with van der Waals surface area (Å²) in [5.74, 6) is -0.0695. The van der Waals surface area contributed by atoms with Crippen molar-refractivity contribution in [2.45, 2.75) is 47.1 Å². The Kier molecular flexibility index (Phi) is 4.94. The summed E-state index contributed by atoms with van der Waals surface area (Å²) < 4.78 is 2.70. The summed E-state index contributed by atoms with van der Waals surface area (Å²) in [5, 5.41) is 0.527. The van der Waals surface area contributed by atoms with E-state index in [1.54, 1.807) is 11.0 Å². The van der Waals surface area contributed by atoms with E-state index in [9.17, 15) is 14.4 Å². The summed E-state index contributed by atoms with van der Waals surface area (Å²) in [5.41, 5.74) is 2.73. The molecule has 3 aromatic rings. The molecule has 1 amide bonds. The molecule has 1 aliphatic heterocycles.